The van der Waals surface area contributed by atoms with E-state index in [9.17, 15) is 0 Å². The average molecular weight is 290 g/mol. The summed E-state index contributed by atoms with van der Waals surface area (Å²) in [5.41, 5.74) is 1.13. The van der Waals surface area contributed by atoms with Gasteiger partial charge in [0.25, 0.3) is 0 Å². The highest BCUT2D eigenvalue weighted by molar-refractivity contribution is 6.29. The van der Waals surface area contributed by atoms with Crippen molar-refractivity contribution in [1.29, 1.82) is 0 Å². The Kier molecular flexibility index (Phi) is 4.38. The normalized spacial score (nSPS) is 19.1. The topological polar surface area (TPSA) is 29.9 Å². The van der Waals surface area contributed by atoms with Gasteiger partial charge in [0.2, 0.25) is 0 Å². The summed E-state index contributed by atoms with van der Waals surface area (Å²) in [6, 6.07) is 10.3. The molecule has 106 valence electrons. The Morgan fingerprint density at radius 2 is 2.15 bits per heavy atom. The van der Waals surface area contributed by atoms with Crippen LogP contribution in [-0.2, 0) is 6.54 Å². The first kappa shape index (κ1) is 13.7. The summed E-state index contributed by atoms with van der Waals surface area (Å²) in [6.45, 7) is 3.29. The maximum atomic E-state index is 6.09. The number of hydrogen-bond donors (Lipinski definition) is 1. The summed E-state index contributed by atoms with van der Waals surface area (Å²) in [6.07, 6.45) is 5.75. The smallest absolute Gasteiger partial charge is 0.147 e. The largest absolute Gasteiger partial charge is 0.329 e. The predicted molar refractivity (Wildman–Crippen MR) is 82.9 cm³/mol. The van der Waals surface area contributed by atoms with E-state index in [-0.39, 0.29) is 0 Å². The van der Waals surface area contributed by atoms with Gasteiger partial charge in [-0.1, -0.05) is 41.9 Å². The van der Waals surface area contributed by atoms with E-state index in [1.54, 1.807) is 0 Å². The molecule has 1 aliphatic rings. The summed E-state index contributed by atoms with van der Waals surface area (Å²) in [4.78, 5) is 4.46. The molecule has 1 aromatic carbocycles. The van der Waals surface area contributed by atoms with E-state index in [2.05, 4.69) is 27.0 Å². The first-order chi connectivity index (χ1) is 9.83. The molecule has 0 spiro atoms. The minimum absolute atomic E-state index is 0.575. The zero-order chi connectivity index (χ0) is 13.8. The third kappa shape index (κ3) is 3.22. The molecule has 1 N–H and O–H groups in total. The van der Waals surface area contributed by atoms with Crippen LogP contribution in [0.15, 0.2) is 36.5 Å². The number of benzene rings is 1. The molecular weight excluding hydrogens is 270 g/mol. The van der Waals surface area contributed by atoms with Gasteiger partial charge >= 0.3 is 0 Å². The quantitative estimate of drug-likeness (QED) is 0.932. The molecule has 1 aliphatic heterocycles. The van der Waals surface area contributed by atoms with E-state index in [0.717, 1.165) is 30.4 Å². The van der Waals surface area contributed by atoms with Crippen LogP contribution >= 0.6 is 11.6 Å². The summed E-state index contributed by atoms with van der Waals surface area (Å²) in [5, 5.41) is 4.05. The zero-order valence-corrected chi connectivity index (χ0v) is 12.3. The van der Waals surface area contributed by atoms with E-state index in [4.69, 9.17) is 11.6 Å². The van der Waals surface area contributed by atoms with Crippen LogP contribution in [0.3, 0.4) is 0 Å². The van der Waals surface area contributed by atoms with Crippen LogP contribution in [0, 0.1) is 5.92 Å². The standard InChI is InChI=1S/C16H20ClN3/c17-15-12-20(10-8-13-5-4-9-18-11-13)16(19-15)14-6-2-1-3-7-14/h1-3,6-7,12-13,18H,4-5,8-11H2. The molecule has 3 nitrogen and oxygen atoms in total. The number of piperidine rings is 1. The van der Waals surface area contributed by atoms with Crippen LogP contribution in [0.2, 0.25) is 5.15 Å². The summed E-state index contributed by atoms with van der Waals surface area (Å²) in [7, 11) is 0. The molecule has 1 atom stereocenters. The number of rotatable bonds is 4. The van der Waals surface area contributed by atoms with Crippen LogP contribution in [0.5, 0.6) is 0 Å². The van der Waals surface area contributed by atoms with Crippen molar-refractivity contribution in [2.24, 2.45) is 5.92 Å². The van der Waals surface area contributed by atoms with E-state index < -0.39 is 0 Å². The Labute approximate surface area is 125 Å². The highest BCUT2D eigenvalue weighted by atomic mass is 35.5. The number of aromatic nitrogens is 2. The van der Waals surface area contributed by atoms with E-state index in [1.807, 2.05) is 24.4 Å². The first-order valence-electron chi connectivity index (χ1n) is 7.32. The monoisotopic (exact) mass is 289 g/mol. The molecule has 1 aromatic heterocycles. The molecule has 1 fully saturated rings. The summed E-state index contributed by atoms with van der Waals surface area (Å²) >= 11 is 6.09. The number of nitrogens with zero attached hydrogens (tertiary/aromatic N) is 2. The maximum absolute atomic E-state index is 6.09. The van der Waals surface area contributed by atoms with Gasteiger partial charge in [0.15, 0.2) is 0 Å². The van der Waals surface area contributed by atoms with Gasteiger partial charge in [0.05, 0.1) is 0 Å². The molecule has 2 aromatic rings. The van der Waals surface area contributed by atoms with Crippen molar-refractivity contribution in [3.05, 3.63) is 41.7 Å². The molecule has 0 radical (unpaired) electrons. The Balaban J connectivity index is 1.73. The van der Waals surface area contributed by atoms with Crippen molar-refractivity contribution in [1.82, 2.24) is 14.9 Å². The summed E-state index contributed by atoms with van der Waals surface area (Å²) in [5.74, 6) is 1.74. The molecule has 0 amide bonds. The molecule has 4 heteroatoms. The zero-order valence-electron chi connectivity index (χ0n) is 11.6. The molecule has 20 heavy (non-hydrogen) atoms. The van der Waals surface area contributed by atoms with Gasteiger partial charge in [-0.15, -0.1) is 0 Å². The fourth-order valence-corrected chi connectivity index (χ4v) is 3.06. The molecule has 1 unspecified atom stereocenters. The highest BCUT2D eigenvalue weighted by Crippen LogP contribution is 2.23. The number of aryl methyl sites for hydroxylation is 1. The highest BCUT2D eigenvalue weighted by Gasteiger charge is 2.14. The minimum Gasteiger partial charge on any atom is -0.329 e. The Morgan fingerprint density at radius 3 is 2.90 bits per heavy atom. The van der Waals surface area contributed by atoms with Gasteiger partial charge in [-0.2, -0.15) is 0 Å². The predicted octanol–water partition coefficient (Wildman–Crippen LogP) is 3.59. The third-order valence-corrected chi connectivity index (χ3v) is 4.14. The SMILES string of the molecule is Clc1cn(CCC2CCCNC2)c(-c2ccccc2)n1. The van der Waals surface area contributed by atoms with Gasteiger partial charge < -0.3 is 9.88 Å². The van der Waals surface area contributed by atoms with E-state index >= 15 is 0 Å². The van der Waals surface area contributed by atoms with E-state index in [1.165, 1.54) is 25.8 Å². The summed E-state index contributed by atoms with van der Waals surface area (Å²) < 4.78 is 2.19. The van der Waals surface area contributed by atoms with E-state index in [0.29, 0.717) is 5.15 Å². The fourth-order valence-electron chi connectivity index (χ4n) is 2.86. The van der Waals surface area contributed by atoms with Crippen LogP contribution in [0.4, 0.5) is 0 Å². The molecule has 1 saturated heterocycles. The third-order valence-electron chi connectivity index (χ3n) is 3.96. The fraction of sp³-hybridized carbons (Fsp3) is 0.438. The van der Waals surface area contributed by atoms with Crippen LogP contribution < -0.4 is 5.32 Å². The van der Waals surface area contributed by atoms with Crippen LogP contribution in [-0.4, -0.2) is 22.6 Å². The molecule has 0 saturated carbocycles. The van der Waals surface area contributed by atoms with Crippen molar-refractivity contribution in [2.45, 2.75) is 25.8 Å². The van der Waals surface area contributed by atoms with Crippen molar-refractivity contribution in [2.75, 3.05) is 13.1 Å². The second-order valence-electron chi connectivity index (χ2n) is 5.45. The van der Waals surface area contributed by atoms with Gasteiger partial charge in [-0.25, -0.2) is 4.98 Å². The molecule has 2 heterocycles. The Morgan fingerprint density at radius 1 is 1.30 bits per heavy atom. The van der Waals surface area contributed by atoms with Crippen molar-refractivity contribution >= 4 is 11.6 Å². The Bertz CT molecular complexity index is 544. The van der Waals surface area contributed by atoms with Crippen molar-refractivity contribution < 1.29 is 0 Å². The lowest BCUT2D eigenvalue weighted by atomic mass is 9.96. The average Bonchev–Trinajstić information content (AvgIpc) is 2.88. The lowest BCUT2D eigenvalue weighted by Crippen LogP contribution is -2.30. The molecular formula is C16H20ClN3. The van der Waals surface area contributed by atoms with Gasteiger partial charge in [0, 0.05) is 18.3 Å². The Hall–Kier alpha value is -1.32. The lowest BCUT2D eigenvalue weighted by Gasteiger charge is -2.23. The van der Waals surface area contributed by atoms with Crippen LogP contribution in [0.1, 0.15) is 19.3 Å². The number of hydrogen-bond acceptors (Lipinski definition) is 2. The first-order valence-corrected chi connectivity index (χ1v) is 7.69. The number of imidazole rings is 1. The van der Waals surface area contributed by atoms with Gasteiger partial charge in [-0.05, 0) is 38.3 Å². The van der Waals surface area contributed by atoms with Crippen molar-refractivity contribution in [3.8, 4) is 11.4 Å². The van der Waals surface area contributed by atoms with Crippen molar-refractivity contribution in [3.63, 3.8) is 0 Å². The minimum atomic E-state index is 0.575. The maximum Gasteiger partial charge on any atom is 0.147 e. The lowest BCUT2D eigenvalue weighted by molar-refractivity contribution is 0.342. The molecule has 3 rings (SSSR count). The number of halogens is 1. The van der Waals surface area contributed by atoms with Gasteiger partial charge in [-0.3, -0.25) is 0 Å². The second kappa shape index (κ2) is 6.42. The molecule has 0 aliphatic carbocycles. The van der Waals surface area contributed by atoms with Crippen LogP contribution in [0.25, 0.3) is 11.4 Å². The molecule has 0 bridgehead atoms. The number of nitrogens with one attached hydrogen (secondary N) is 1. The second-order valence-corrected chi connectivity index (χ2v) is 5.83. The van der Waals surface area contributed by atoms with Gasteiger partial charge in [0.1, 0.15) is 11.0 Å².